The predicted octanol–water partition coefficient (Wildman–Crippen LogP) is 3.50. The quantitative estimate of drug-likeness (QED) is 0.458. The van der Waals surface area contributed by atoms with Gasteiger partial charge < -0.3 is 9.47 Å². The van der Waals surface area contributed by atoms with Crippen molar-refractivity contribution in [3.8, 4) is 11.8 Å². The first kappa shape index (κ1) is 18.5. The lowest BCUT2D eigenvalue weighted by molar-refractivity contribution is -0.137. The second-order valence-corrected chi connectivity index (χ2v) is 4.84. The Morgan fingerprint density at radius 1 is 1.17 bits per heavy atom. The number of hydrogen-bond acceptors (Lipinski definition) is 4. The highest BCUT2D eigenvalue weighted by Gasteiger charge is 2.03. The van der Waals surface area contributed by atoms with Gasteiger partial charge in [0.25, 0.3) is 0 Å². The fourth-order valence-corrected chi connectivity index (χ4v) is 1.82. The van der Waals surface area contributed by atoms with Crippen molar-refractivity contribution < 1.29 is 19.1 Å². The van der Waals surface area contributed by atoms with E-state index < -0.39 is 0 Å². The van der Waals surface area contributed by atoms with Crippen LogP contribution in [-0.2, 0) is 14.3 Å². The minimum atomic E-state index is -0.379. The zero-order valence-electron chi connectivity index (χ0n) is 13.8. The monoisotopic (exact) mass is 314 g/mol. The van der Waals surface area contributed by atoms with Crippen molar-refractivity contribution >= 4 is 11.9 Å². The molecular formula is C19H22O4. The lowest BCUT2D eigenvalue weighted by Gasteiger charge is -2.00. The van der Waals surface area contributed by atoms with Gasteiger partial charge in [-0.3, -0.25) is 0 Å². The largest absolute Gasteiger partial charge is 0.465 e. The molecule has 1 rings (SSSR count). The fourth-order valence-electron chi connectivity index (χ4n) is 1.82. The molecule has 0 N–H and O–H groups in total. The van der Waals surface area contributed by atoms with Gasteiger partial charge in [-0.15, -0.1) is 0 Å². The second kappa shape index (κ2) is 10.2. The van der Waals surface area contributed by atoms with Crippen LogP contribution in [-0.4, -0.2) is 25.7 Å². The number of benzene rings is 1. The normalized spacial score (nSPS) is 10.5. The van der Waals surface area contributed by atoms with Gasteiger partial charge in [-0.2, -0.15) is 0 Å². The van der Waals surface area contributed by atoms with E-state index in [0.29, 0.717) is 12.2 Å². The first-order valence-corrected chi connectivity index (χ1v) is 7.68. The number of esters is 2. The van der Waals surface area contributed by atoms with Gasteiger partial charge in [-0.05, 0) is 44.0 Å². The maximum absolute atomic E-state index is 11.6. The first-order chi connectivity index (χ1) is 11.1. The molecule has 0 aromatic heterocycles. The number of hydrogen-bond donors (Lipinski definition) is 0. The van der Waals surface area contributed by atoms with Crippen molar-refractivity contribution in [2.75, 3.05) is 13.7 Å². The van der Waals surface area contributed by atoms with E-state index in [1.54, 1.807) is 31.2 Å². The Morgan fingerprint density at radius 3 is 2.43 bits per heavy atom. The van der Waals surface area contributed by atoms with Crippen LogP contribution in [0, 0.1) is 11.8 Å². The van der Waals surface area contributed by atoms with Gasteiger partial charge in [-0.1, -0.05) is 25.2 Å². The van der Waals surface area contributed by atoms with Crippen LogP contribution in [0.25, 0.3) is 0 Å². The molecule has 4 heteroatoms. The van der Waals surface area contributed by atoms with Crippen LogP contribution in [0.4, 0.5) is 0 Å². The molecule has 0 fully saturated rings. The summed E-state index contributed by atoms with van der Waals surface area (Å²) in [5, 5.41) is 0. The van der Waals surface area contributed by atoms with E-state index in [-0.39, 0.29) is 11.9 Å². The summed E-state index contributed by atoms with van der Waals surface area (Å²) in [5.41, 5.74) is 2.00. The molecule has 1 aromatic rings. The molecule has 0 spiro atoms. The average Bonchev–Trinajstić information content (AvgIpc) is 2.57. The molecule has 23 heavy (non-hydrogen) atoms. The Labute approximate surface area is 137 Å². The van der Waals surface area contributed by atoms with E-state index in [9.17, 15) is 9.59 Å². The van der Waals surface area contributed by atoms with E-state index in [1.807, 2.05) is 0 Å². The Bertz CT molecular complexity index is 615. The first-order valence-electron chi connectivity index (χ1n) is 7.68. The number of carbonyl (C=O) groups excluding carboxylic acids is 2. The SMILES string of the molecule is CCCC/C(C#Cc1ccc(C(=O)OC)cc1)=C/C(=O)OCC. The predicted molar refractivity (Wildman–Crippen MR) is 88.9 cm³/mol. The van der Waals surface area contributed by atoms with E-state index in [4.69, 9.17) is 4.74 Å². The Kier molecular flexibility index (Phi) is 8.23. The van der Waals surface area contributed by atoms with Gasteiger partial charge >= 0.3 is 11.9 Å². The summed E-state index contributed by atoms with van der Waals surface area (Å²) in [5.74, 6) is 5.28. The minimum Gasteiger partial charge on any atom is -0.465 e. The average molecular weight is 314 g/mol. The molecule has 0 atom stereocenters. The van der Waals surface area contributed by atoms with Crippen molar-refractivity contribution in [2.24, 2.45) is 0 Å². The summed E-state index contributed by atoms with van der Waals surface area (Å²) in [6.07, 6.45) is 4.18. The van der Waals surface area contributed by atoms with Crippen LogP contribution >= 0.6 is 0 Å². The highest BCUT2D eigenvalue weighted by Crippen LogP contribution is 2.09. The second-order valence-electron chi connectivity index (χ2n) is 4.84. The van der Waals surface area contributed by atoms with E-state index >= 15 is 0 Å². The Hall–Kier alpha value is -2.54. The number of unbranched alkanes of at least 4 members (excludes halogenated alkanes) is 1. The van der Waals surface area contributed by atoms with Gasteiger partial charge in [0.15, 0.2) is 0 Å². The standard InChI is InChI=1S/C19H22O4/c1-4-6-7-16(14-18(20)23-5-2)9-8-15-10-12-17(13-11-15)19(21)22-3/h10-14H,4-7H2,1-3H3/b16-14-. The van der Waals surface area contributed by atoms with Crippen LogP contribution in [0.2, 0.25) is 0 Å². The van der Waals surface area contributed by atoms with Crippen molar-refractivity contribution in [1.82, 2.24) is 0 Å². The van der Waals surface area contributed by atoms with E-state index in [1.165, 1.54) is 13.2 Å². The number of methoxy groups -OCH3 is 1. The third-order valence-electron chi connectivity index (χ3n) is 3.05. The summed E-state index contributed by atoms with van der Waals surface area (Å²) in [7, 11) is 1.34. The molecule has 0 radical (unpaired) electrons. The summed E-state index contributed by atoms with van der Waals surface area (Å²) >= 11 is 0. The Morgan fingerprint density at radius 2 is 1.87 bits per heavy atom. The minimum absolute atomic E-state index is 0.346. The molecule has 0 aliphatic heterocycles. The van der Waals surface area contributed by atoms with Gasteiger partial charge in [0.2, 0.25) is 0 Å². The fraction of sp³-hybridized carbons (Fsp3) is 0.368. The van der Waals surface area contributed by atoms with Crippen LogP contribution in [0.5, 0.6) is 0 Å². The molecular weight excluding hydrogens is 292 g/mol. The van der Waals surface area contributed by atoms with Crippen LogP contribution < -0.4 is 0 Å². The van der Waals surface area contributed by atoms with Crippen molar-refractivity contribution in [3.05, 3.63) is 47.0 Å². The van der Waals surface area contributed by atoms with Gasteiger partial charge in [-0.25, -0.2) is 9.59 Å². The van der Waals surface area contributed by atoms with Crippen molar-refractivity contribution in [2.45, 2.75) is 33.1 Å². The van der Waals surface area contributed by atoms with Crippen LogP contribution in [0.3, 0.4) is 0 Å². The highest BCUT2D eigenvalue weighted by atomic mass is 16.5. The van der Waals surface area contributed by atoms with Crippen LogP contribution in [0.15, 0.2) is 35.9 Å². The van der Waals surface area contributed by atoms with Crippen molar-refractivity contribution in [1.29, 1.82) is 0 Å². The molecule has 1 aromatic carbocycles. The topological polar surface area (TPSA) is 52.6 Å². The molecule has 0 amide bonds. The maximum atomic E-state index is 11.6. The van der Waals surface area contributed by atoms with Gasteiger partial charge in [0, 0.05) is 17.2 Å². The van der Waals surface area contributed by atoms with Crippen molar-refractivity contribution in [3.63, 3.8) is 0 Å². The summed E-state index contributed by atoms with van der Waals surface area (Å²) in [6, 6.07) is 6.83. The number of rotatable bonds is 6. The van der Waals surface area contributed by atoms with Gasteiger partial charge in [0.05, 0.1) is 19.3 Å². The summed E-state index contributed by atoms with van der Waals surface area (Å²) < 4.78 is 9.57. The number of ether oxygens (including phenoxy) is 2. The van der Waals surface area contributed by atoms with Crippen LogP contribution in [0.1, 0.15) is 49.0 Å². The van der Waals surface area contributed by atoms with E-state index in [0.717, 1.165) is 30.4 Å². The smallest absolute Gasteiger partial charge is 0.337 e. The molecule has 0 unspecified atom stereocenters. The molecule has 4 nitrogen and oxygen atoms in total. The molecule has 0 aliphatic rings. The molecule has 0 bridgehead atoms. The summed E-state index contributed by atoms with van der Waals surface area (Å²) in [4.78, 5) is 22.9. The van der Waals surface area contributed by atoms with E-state index in [2.05, 4.69) is 23.5 Å². The molecule has 0 saturated heterocycles. The highest BCUT2D eigenvalue weighted by molar-refractivity contribution is 5.89. The molecule has 0 heterocycles. The lowest BCUT2D eigenvalue weighted by atomic mass is 10.1. The zero-order chi connectivity index (χ0) is 17.1. The number of allylic oxidation sites excluding steroid dienone is 1. The molecule has 0 aliphatic carbocycles. The number of carbonyl (C=O) groups is 2. The maximum Gasteiger partial charge on any atom is 0.337 e. The molecule has 122 valence electrons. The Balaban J connectivity index is 2.89. The molecule has 0 saturated carbocycles. The van der Waals surface area contributed by atoms with Gasteiger partial charge in [0.1, 0.15) is 0 Å². The third-order valence-corrected chi connectivity index (χ3v) is 3.05. The summed E-state index contributed by atoms with van der Waals surface area (Å²) in [6.45, 7) is 4.20. The zero-order valence-corrected chi connectivity index (χ0v) is 13.8. The lowest BCUT2D eigenvalue weighted by Crippen LogP contribution is -2.01. The third kappa shape index (κ3) is 6.84.